The molecule has 0 atom stereocenters. The minimum Gasteiger partial charge on any atom is -0.505 e. The highest BCUT2D eigenvalue weighted by atomic mass is 32.2. The summed E-state index contributed by atoms with van der Waals surface area (Å²) in [7, 11) is -9.25. The van der Waals surface area contributed by atoms with Gasteiger partial charge in [-0.1, -0.05) is 66.7 Å². The third-order valence-corrected chi connectivity index (χ3v) is 9.26. The summed E-state index contributed by atoms with van der Waals surface area (Å²) in [5.74, 6) is -0.253. The lowest BCUT2D eigenvalue weighted by Gasteiger charge is -2.10. The molecule has 248 valence electrons. The number of ether oxygens (including phenoxy) is 1. The Bertz CT molecular complexity index is 2540. The lowest BCUT2D eigenvalue weighted by molar-refractivity contribution is 0.341. The molecule has 0 spiro atoms. The molecule has 0 bridgehead atoms. The fourth-order valence-corrected chi connectivity index (χ4v) is 6.62. The first kappa shape index (κ1) is 33.2. The number of hydrogen-bond donors (Lipinski definition) is 4. The number of aromatic hydroxyl groups is 2. The molecule has 0 aliphatic carbocycles. The molecule has 0 aliphatic heterocycles. The van der Waals surface area contributed by atoms with Gasteiger partial charge < -0.3 is 14.9 Å². The van der Waals surface area contributed by atoms with E-state index in [4.69, 9.17) is 4.74 Å². The standard InChI is InChI=1S/C34H26N4O9S2/c1-2-47-30-17-21(13-16-27(30)36-38-29-19-32(49(44,45)46)24-8-4-6-10-26(24)34(29)40)20-11-14-22(15-12-20)35-37-28-18-31(48(41,42)43)23-7-3-5-9-25(23)33(28)39/h3-19,39-40H,2H2,1H3,(H,41,42,43)(H,44,45,46). The van der Waals surface area contributed by atoms with E-state index in [1.165, 1.54) is 24.3 Å². The van der Waals surface area contributed by atoms with E-state index in [2.05, 4.69) is 20.5 Å². The van der Waals surface area contributed by atoms with Crippen molar-refractivity contribution in [3.8, 4) is 28.4 Å². The second-order valence-electron chi connectivity index (χ2n) is 10.6. The Hall–Kier alpha value is -5.74. The Kier molecular flexibility index (Phi) is 8.83. The van der Waals surface area contributed by atoms with Crippen molar-refractivity contribution in [3.05, 3.63) is 103 Å². The van der Waals surface area contributed by atoms with Crippen molar-refractivity contribution >= 4 is 64.5 Å². The van der Waals surface area contributed by atoms with Crippen LogP contribution in [0.4, 0.5) is 22.7 Å². The van der Waals surface area contributed by atoms with Gasteiger partial charge in [-0.2, -0.15) is 21.9 Å². The summed E-state index contributed by atoms with van der Waals surface area (Å²) in [5, 5.41) is 38.6. The zero-order valence-electron chi connectivity index (χ0n) is 25.5. The molecule has 0 saturated carbocycles. The topological polar surface area (TPSA) is 208 Å². The zero-order chi connectivity index (χ0) is 34.9. The van der Waals surface area contributed by atoms with Crippen LogP contribution in [0.15, 0.2) is 133 Å². The van der Waals surface area contributed by atoms with Crippen LogP contribution in [-0.4, -0.2) is 42.8 Å². The predicted octanol–water partition coefficient (Wildman–Crippen LogP) is 8.79. The smallest absolute Gasteiger partial charge is 0.295 e. The fraction of sp³-hybridized carbons (Fsp3) is 0.0588. The maximum Gasteiger partial charge on any atom is 0.295 e. The first-order valence-electron chi connectivity index (χ1n) is 14.5. The highest BCUT2D eigenvalue weighted by molar-refractivity contribution is 7.86. The lowest BCUT2D eigenvalue weighted by Crippen LogP contribution is -1.99. The van der Waals surface area contributed by atoms with Crippen LogP contribution >= 0.6 is 0 Å². The molecule has 49 heavy (non-hydrogen) atoms. The Morgan fingerprint density at radius 3 is 1.49 bits per heavy atom. The minimum atomic E-state index is -4.64. The van der Waals surface area contributed by atoms with Gasteiger partial charge in [0.15, 0.2) is 11.5 Å². The monoisotopic (exact) mass is 698 g/mol. The second kappa shape index (κ2) is 13.0. The van der Waals surface area contributed by atoms with E-state index >= 15 is 0 Å². The molecule has 0 heterocycles. The Morgan fingerprint density at radius 1 is 0.551 bits per heavy atom. The van der Waals surface area contributed by atoms with Crippen LogP contribution in [0, 0.1) is 0 Å². The van der Waals surface area contributed by atoms with Gasteiger partial charge in [0.05, 0.1) is 12.3 Å². The molecule has 13 nitrogen and oxygen atoms in total. The van der Waals surface area contributed by atoms with Crippen molar-refractivity contribution in [1.29, 1.82) is 0 Å². The molecule has 0 fully saturated rings. The molecule has 6 rings (SSSR count). The number of azo groups is 2. The number of fused-ring (bicyclic) bond motifs is 2. The average molecular weight is 699 g/mol. The summed E-state index contributed by atoms with van der Waals surface area (Å²) in [6.45, 7) is 2.08. The summed E-state index contributed by atoms with van der Waals surface area (Å²) in [6.07, 6.45) is 0. The fourth-order valence-electron chi connectivity index (χ4n) is 5.19. The SMILES string of the molecule is CCOc1cc(-c2ccc(N=Nc3cc(S(=O)(=O)O)c4ccccc4c3O)cc2)ccc1N=Nc1cc(S(=O)(=O)O)c2ccccc2c1O. The summed E-state index contributed by atoms with van der Waals surface area (Å²) in [4.78, 5) is -0.828. The van der Waals surface area contributed by atoms with Gasteiger partial charge in [-0.25, -0.2) is 0 Å². The van der Waals surface area contributed by atoms with E-state index in [1.54, 1.807) is 73.7 Å². The predicted molar refractivity (Wildman–Crippen MR) is 182 cm³/mol. The maximum atomic E-state index is 12.1. The van der Waals surface area contributed by atoms with Crippen molar-refractivity contribution < 1.29 is 40.9 Å². The van der Waals surface area contributed by atoms with E-state index in [0.29, 0.717) is 18.0 Å². The van der Waals surface area contributed by atoms with E-state index in [0.717, 1.165) is 23.3 Å². The normalized spacial score (nSPS) is 12.4. The number of phenolic OH excluding ortho intramolecular Hbond substituents is 2. The number of phenols is 2. The van der Waals surface area contributed by atoms with E-state index in [1.807, 2.05) is 0 Å². The molecule has 0 unspecified atom stereocenters. The molecule has 0 amide bonds. The van der Waals surface area contributed by atoms with E-state index in [-0.39, 0.29) is 50.1 Å². The molecule has 6 aromatic carbocycles. The number of rotatable bonds is 9. The van der Waals surface area contributed by atoms with Crippen LogP contribution < -0.4 is 4.74 Å². The van der Waals surface area contributed by atoms with Crippen LogP contribution in [-0.2, 0) is 20.2 Å². The molecule has 0 saturated heterocycles. The van der Waals surface area contributed by atoms with Gasteiger partial charge >= 0.3 is 0 Å². The Morgan fingerprint density at radius 2 is 1.00 bits per heavy atom. The van der Waals surface area contributed by atoms with Crippen LogP contribution in [0.1, 0.15) is 6.92 Å². The highest BCUT2D eigenvalue weighted by Gasteiger charge is 2.21. The Balaban J connectivity index is 1.29. The molecular weight excluding hydrogens is 673 g/mol. The van der Waals surface area contributed by atoms with Gasteiger partial charge in [-0.3, -0.25) is 9.11 Å². The second-order valence-corrected chi connectivity index (χ2v) is 13.4. The van der Waals surface area contributed by atoms with Gasteiger partial charge in [0.25, 0.3) is 20.2 Å². The summed E-state index contributed by atoms with van der Waals surface area (Å²) < 4.78 is 73.4. The summed E-state index contributed by atoms with van der Waals surface area (Å²) >= 11 is 0. The number of nitrogens with zero attached hydrogens (tertiary/aromatic N) is 4. The summed E-state index contributed by atoms with van der Waals surface area (Å²) in [6, 6.07) is 26.3. The average Bonchev–Trinajstić information content (AvgIpc) is 3.07. The van der Waals surface area contributed by atoms with E-state index in [9.17, 15) is 36.2 Å². The van der Waals surface area contributed by atoms with Gasteiger partial charge in [-0.05, 0) is 54.4 Å². The highest BCUT2D eigenvalue weighted by Crippen LogP contribution is 2.42. The maximum absolute atomic E-state index is 12.1. The first-order valence-corrected chi connectivity index (χ1v) is 17.4. The van der Waals surface area contributed by atoms with Gasteiger partial charge in [-0.15, -0.1) is 15.3 Å². The molecule has 0 aromatic heterocycles. The third kappa shape index (κ3) is 6.81. The van der Waals surface area contributed by atoms with Crippen molar-refractivity contribution in [2.24, 2.45) is 20.5 Å². The van der Waals surface area contributed by atoms with Crippen LogP contribution in [0.3, 0.4) is 0 Å². The molecule has 0 radical (unpaired) electrons. The minimum absolute atomic E-state index is 0.131. The van der Waals surface area contributed by atoms with Crippen LogP contribution in [0.25, 0.3) is 32.7 Å². The quantitative estimate of drug-likeness (QED) is 0.0839. The number of benzene rings is 6. The molecular formula is C34H26N4O9S2. The molecule has 4 N–H and O–H groups in total. The van der Waals surface area contributed by atoms with Crippen molar-refractivity contribution in [1.82, 2.24) is 0 Å². The lowest BCUT2D eigenvalue weighted by atomic mass is 10.0. The third-order valence-electron chi connectivity index (χ3n) is 7.47. The van der Waals surface area contributed by atoms with Gasteiger partial charge in [0.2, 0.25) is 0 Å². The van der Waals surface area contributed by atoms with E-state index < -0.39 is 30.0 Å². The van der Waals surface area contributed by atoms with Crippen molar-refractivity contribution in [2.45, 2.75) is 16.7 Å². The van der Waals surface area contributed by atoms with Gasteiger partial charge in [0, 0.05) is 21.5 Å². The van der Waals surface area contributed by atoms with Crippen LogP contribution in [0.5, 0.6) is 17.2 Å². The first-order chi connectivity index (χ1) is 23.3. The molecule has 15 heteroatoms. The summed E-state index contributed by atoms with van der Waals surface area (Å²) in [5.41, 5.74) is 1.85. The zero-order valence-corrected chi connectivity index (χ0v) is 27.1. The molecule has 0 aliphatic rings. The Labute approximate surface area is 280 Å². The molecule has 6 aromatic rings. The van der Waals surface area contributed by atoms with Crippen LogP contribution in [0.2, 0.25) is 0 Å². The number of hydrogen-bond acceptors (Lipinski definition) is 11. The van der Waals surface area contributed by atoms with Gasteiger partial charge in [0.1, 0.15) is 32.6 Å². The largest absolute Gasteiger partial charge is 0.505 e. The van der Waals surface area contributed by atoms with Crippen molar-refractivity contribution in [3.63, 3.8) is 0 Å². The van der Waals surface area contributed by atoms with Crippen molar-refractivity contribution in [2.75, 3.05) is 6.61 Å².